The largest absolute Gasteiger partial charge is 0.370 e. The Labute approximate surface area is 219 Å². The van der Waals surface area contributed by atoms with Crippen molar-refractivity contribution in [1.82, 2.24) is 4.98 Å². The normalized spacial score (nSPS) is 14.7. The fourth-order valence-corrected chi connectivity index (χ4v) is 5.80. The molecule has 3 aromatic rings. The molecule has 4 rings (SSSR count). The van der Waals surface area contributed by atoms with Crippen LogP contribution >= 0.6 is 11.3 Å². The number of H-pyrrole nitrogens is 1. The topological polar surface area (TPSA) is 156 Å². The van der Waals surface area contributed by atoms with E-state index in [4.69, 9.17) is 16.6 Å². The number of hydrogen-bond acceptors (Lipinski definition) is 6. The zero-order valence-electron chi connectivity index (χ0n) is 20.8. The predicted molar refractivity (Wildman–Crippen MR) is 148 cm³/mol. The highest BCUT2D eigenvalue weighted by molar-refractivity contribution is 7.14. The van der Waals surface area contributed by atoms with Crippen molar-refractivity contribution in [2.45, 2.75) is 50.9 Å². The van der Waals surface area contributed by atoms with Crippen molar-refractivity contribution in [3.63, 3.8) is 0 Å². The average Bonchev–Trinajstić information content (AvgIpc) is 3.52. The Balaban J connectivity index is 1.62. The van der Waals surface area contributed by atoms with Gasteiger partial charge in [-0.05, 0) is 43.5 Å². The van der Waals surface area contributed by atoms with E-state index in [2.05, 4.69) is 10.3 Å². The lowest BCUT2D eigenvalue weighted by atomic mass is 9.88. The van der Waals surface area contributed by atoms with Crippen LogP contribution in [-0.4, -0.2) is 42.2 Å². The number of benzene rings is 1. The second-order valence-electron chi connectivity index (χ2n) is 9.42. The van der Waals surface area contributed by atoms with Gasteiger partial charge in [-0.1, -0.05) is 25.3 Å². The van der Waals surface area contributed by atoms with Gasteiger partial charge in [-0.25, -0.2) is 0 Å². The molecular formula is C27H32N6O3S. The Bertz CT molecular complexity index is 1330. The number of fused-ring (bicyclic) bond motifs is 1. The van der Waals surface area contributed by atoms with Crippen LogP contribution in [0.25, 0.3) is 10.9 Å². The third-order valence-corrected chi connectivity index (χ3v) is 8.15. The van der Waals surface area contributed by atoms with Crippen LogP contribution in [0.3, 0.4) is 0 Å². The summed E-state index contributed by atoms with van der Waals surface area (Å²) in [6.45, 7) is 0. The lowest BCUT2D eigenvalue weighted by molar-refractivity contribution is -0.123. The minimum absolute atomic E-state index is 0.0506. The number of nitrogens with two attached hydrogens (primary N) is 1. The lowest BCUT2D eigenvalue weighted by Crippen LogP contribution is -2.33. The summed E-state index contributed by atoms with van der Waals surface area (Å²) in [5.41, 5.74) is 7.68. The minimum atomic E-state index is -0.461. The molecule has 2 aromatic heterocycles. The molecule has 1 saturated carbocycles. The molecule has 1 fully saturated rings. The van der Waals surface area contributed by atoms with Gasteiger partial charge in [-0.2, -0.15) is 0 Å². The van der Waals surface area contributed by atoms with Crippen molar-refractivity contribution in [1.29, 1.82) is 10.8 Å². The van der Waals surface area contributed by atoms with Crippen LogP contribution in [0.2, 0.25) is 0 Å². The molecule has 1 aromatic carbocycles. The van der Waals surface area contributed by atoms with Gasteiger partial charge in [0.2, 0.25) is 11.8 Å². The summed E-state index contributed by atoms with van der Waals surface area (Å²) in [7, 11) is 1.79. The maximum Gasteiger partial charge on any atom is 0.266 e. The molecule has 2 heterocycles. The van der Waals surface area contributed by atoms with Gasteiger partial charge in [0.05, 0.1) is 10.8 Å². The van der Waals surface area contributed by atoms with Gasteiger partial charge in [-0.15, -0.1) is 11.3 Å². The molecule has 37 heavy (non-hydrogen) atoms. The summed E-state index contributed by atoms with van der Waals surface area (Å²) in [4.78, 5) is 43.8. The number of thiophene rings is 1. The van der Waals surface area contributed by atoms with Crippen LogP contribution in [-0.2, 0) is 16.0 Å². The monoisotopic (exact) mass is 520 g/mol. The number of carbonyl (C=O) groups is 3. The van der Waals surface area contributed by atoms with E-state index in [1.165, 1.54) is 17.8 Å². The number of anilines is 2. The Hall–Kier alpha value is -3.79. The maximum absolute atomic E-state index is 13.1. The Morgan fingerprint density at radius 1 is 1.16 bits per heavy atom. The van der Waals surface area contributed by atoms with Gasteiger partial charge >= 0.3 is 0 Å². The van der Waals surface area contributed by atoms with Crippen molar-refractivity contribution in [3.8, 4) is 0 Å². The third kappa shape index (κ3) is 5.80. The highest BCUT2D eigenvalue weighted by Crippen LogP contribution is 2.33. The standard InChI is InChI=1S/C27H32N6O3S/c1-33(27(36)16-5-3-2-4-6-16)18-7-8-19-20(9-12-24(30)34)25(31-21(19)13-18)32-26(35)23-11-10-22(37-23)17(14-28)15-29/h7-8,10-11,13-17,28-29,31H,2-6,9,12H2,1H3,(H2,30,34)(H,32,35). The fraction of sp³-hybridized carbons (Fsp3) is 0.370. The van der Waals surface area contributed by atoms with Crippen LogP contribution in [0, 0.1) is 16.7 Å². The summed E-state index contributed by atoms with van der Waals surface area (Å²) in [6.07, 6.45) is 7.99. The molecule has 9 nitrogen and oxygen atoms in total. The first kappa shape index (κ1) is 26.3. The molecule has 10 heteroatoms. The Kier molecular flexibility index (Phi) is 8.17. The van der Waals surface area contributed by atoms with Crippen molar-refractivity contribution in [2.24, 2.45) is 11.7 Å². The maximum atomic E-state index is 13.1. The van der Waals surface area contributed by atoms with E-state index in [0.29, 0.717) is 17.1 Å². The van der Waals surface area contributed by atoms with Gasteiger partial charge in [0.1, 0.15) is 5.82 Å². The molecule has 0 aliphatic heterocycles. The Morgan fingerprint density at radius 3 is 2.57 bits per heavy atom. The van der Waals surface area contributed by atoms with E-state index in [1.54, 1.807) is 24.1 Å². The molecule has 0 bridgehead atoms. The summed E-state index contributed by atoms with van der Waals surface area (Å²) < 4.78 is 0. The van der Waals surface area contributed by atoms with Crippen LogP contribution < -0.4 is 16.0 Å². The zero-order chi connectivity index (χ0) is 26.5. The molecule has 0 unspecified atom stereocenters. The summed E-state index contributed by atoms with van der Waals surface area (Å²) >= 11 is 1.22. The summed E-state index contributed by atoms with van der Waals surface area (Å²) in [6, 6.07) is 9.09. The van der Waals surface area contributed by atoms with Gasteiger partial charge in [-0.3, -0.25) is 14.4 Å². The van der Waals surface area contributed by atoms with Crippen molar-refractivity contribution in [3.05, 3.63) is 45.6 Å². The molecule has 0 atom stereocenters. The second kappa shape index (κ2) is 11.5. The van der Waals surface area contributed by atoms with Gasteiger partial charge in [0, 0.05) is 58.8 Å². The first-order valence-corrected chi connectivity index (χ1v) is 13.3. The molecule has 0 spiro atoms. The first-order chi connectivity index (χ1) is 17.8. The predicted octanol–water partition coefficient (Wildman–Crippen LogP) is 4.83. The number of amides is 3. The number of rotatable bonds is 10. The molecule has 0 radical (unpaired) electrons. The van der Waals surface area contributed by atoms with E-state index in [1.807, 2.05) is 18.2 Å². The summed E-state index contributed by atoms with van der Waals surface area (Å²) in [5.74, 6) is -0.581. The number of nitrogens with one attached hydrogen (secondary N) is 4. The first-order valence-electron chi connectivity index (χ1n) is 12.4. The third-order valence-electron chi connectivity index (χ3n) is 6.96. The molecule has 194 valence electrons. The number of aryl methyl sites for hydroxylation is 1. The van der Waals surface area contributed by atoms with Gasteiger partial charge in [0.15, 0.2) is 0 Å². The van der Waals surface area contributed by atoms with Crippen LogP contribution in [0.5, 0.6) is 0 Å². The van der Waals surface area contributed by atoms with E-state index in [0.717, 1.165) is 65.1 Å². The van der Waals surface area contributed by atoms with Crippen molar-refractivity contribution >= 4 is 63.9 Å². The molecule has 6 N–H and O–H groups in total. The van der Waals surface area contributed by atoms with E-state index in [9.17, 15) is 14.4 Å². The molecule has 1 aliphatic rings. The van der Waals surface area contributed by atoms with Crippen molar-refractivity contribution < 1.29 is 14.4 Å². The highest BCUT2D eigenvalue weighted by atomic mass is 32.1. The quantitative estimate of drug-likeness (QED) is 0.243. The number of aromatic nitrogens is 1. The molecule has 1 aliphatic carbocycles. The number of carbonyl (C=O) groups excluding carboxylic acids is 3. The van der Waals surface area contributed by atoms with E-state index >= 15 is 0 Å². The number of aromatic amines is 1. The number of hydrogen-bond donors (Lipinski definition) is 5. The van der Waals surface area contributed by atoms with E-state index in [-0.39, 0.29) is 24.2 Å². The lowest BCUT2D eigenvalue weighted by Gasteiger charge is -2.26. The SMILES string of the molecule is CN(C(=O)C1CCCCC1)c1ccc2c(CCC(N)=O)c(NC(=O)c3ccc(C(C=N)C=N)s3)[nH]c2c1. The molecule has 0 saturated heterocycles. The number of nitrogens with zero attached hydrogens (tertiary/aromatic N) is 1. The zero-order valence-corrected chi connectivity index (χ0v) is 21.6. The average molecular weight is 521 g/mol. The van der Waals surface area contributed by atoms with Gasteiger partial charge in [0.25, 0.3) is 5.91 Å². The number of primary amides is 1. The highest BCUT2D eigenvalue weighted by Gasteiger charge is 2.25. The summed E-state index contributed by atoms with van der Waals surface area (Å²) in [5, 5.41) is 18.7. The Morgan fingerprint density at radius 2 is 1.89 bits per heavy atom. The molecule has 3 amide bonds. The van der Waals surface area contributed by atoms with Crippen LogP contribution in [0.15, 0.2) is 30.3 Å². The second-order valence-corrected chi connectivity index (χ2v) is 10.5. The fourth-order valence-electron chi connectivity index (χ4n) is 4.86. The van der Waals surface area contributed by atoms with E-state index < -0.39 is 11.8 Å². The minimum Gasteiger partial charge on any atom is -0.370 e. The smallest absolute Gasteiger partial charge is 0.266 e. The van der Waals surface area contributed by atoms with Crippen LogP contribution in [0.4, 0.5) is 11.5 Å². The van der Waals surface area contributed by atoms with Crippen LogP contribution in [0.1, 0.15) is 64.6 Å². The van der Waals surface area contributed by atoms with Gasteiger partial charge < -0.3 is 31.8 Å². The molecular weight excluding hydrogens is 488 g/mol. The van der Waals surface area contributed by atoms with Crippen molar-refractivity contribution in [2.75, 3.05) is 17.3 Å².